The normalized spacial score (nSPS) is 13.0. The van der Waals surface area contributed by atoms with Crippen molar-refractivity contribution in [2.45, 2.75) is 32.4 Å². The molecule has 0 bridgehead atoms. The van der Waals surface area contributed by atoms with Crippen LogP contribution < -0.4 is 15.4 Å². The third-order valence-corrected chi connectivity index (χ3v) is 4.31. The van der Waals surface area contributed by atoms with Gasteiger partial charge < -0.3 is 15.4 Å². The molecule has 0 saturated heterocycles. The largest absolute Gasteiger partial charge is 0.497 e. The van der Waals surface area contributed by atoms with E-state index >= 15 is 0 Å². The summed E-state index contributed by atoms with van der Waals surface area (Å²) < 4.78 is 18.4. The zero-order valence-electron chi connectivity index (χ0n) is 14.5. The van der Waals surface area contributed by atoms with Crippen molar-refractivity contribution in [2.24, 2.45) is 0 Å². The summed E-state index contributed by atoms with van der Waals surface area (Å²) in [5.41, 5.74) is 1.73. The number of hydrogen-bond acceptors (Lipinski definition) is 2. The summed E-state index contributed by atoms with van der Waals surface area (Å²) in [6.07, 6.45) is 0.747. The Morgan fingerprint density at radius 3 is 2.36 bits per heavy atom. The van der Waals surface area contributed by atoms with Crippen LogP contribution in [0, 0.1) is 5.82 Å². The topological polar surface area (TPSA) is 50.4 Å². The Balaban J connectivity index is 1.99. The lowest BCUT2D eigenvalue weighted by atomic mass is 10.0. The monoisotopic (exact) mass is 364 g/mol. The first-order valence-electron chi connectivity index (χ1n) is 8.10. The predicted octanol–water partition coefficient (Wildman–Crippen LogP) is 5.00. The predicted molar refractivity (Wildman–Crippen MR) is 97.5 cm³/mol. The molecule has 4 nitrogen and oxygen atoms in total. The number of urea groups is 1. The number of hydrogen-bond donors (Lipinski definition) is 2. The molecule has 2 aromatic rings. The van der Waals surface area contributed by atoms with Crippen LogP contribution in [0.1, 0.15) is 43.5 Å². The van der Waals surface area contributed by atoms with Gasteiger partial charge in [0.05, 0.1) is 24.2 Å². The molecule has 0 radical (unpaired) electrons. The summed E-state index contributed by atoms with van der Waals surface area (Å²) in [6.45, 7) is 3.82. The van der Waals surface area contributed by atoms with E-state index in [1.807, 2.05) is 38.1 Å². The summed E-state index contributed by atoms with van der Waals surface area (Å²) in [5, 5.41) is 5.83. The van der Waals surface area contributed by atoms with Gasteiger partial charge in [-0.1, -0.05) is 36.7 Å². The van der Waals surface area contributed by atoms with Crippen molar-refractivity contribution in [3.05, 3.63) is 64.4 Å². The minimum absolute atomic E-state index is 0.0382. The van der Waals surface area contributed by atoms with Crippen LogP contribution in [0.4, 0.5) is 9.18 Å². The van der Waals surface area contributed by atoms with E-state index in [0.29, 0.717) is 0 Å². The Morgan fingerprint density at radius 2 is 1.80 bits per heavy atom. The lowest BCUT2D eigenvalue weighted by Gasteiger charge is -2.21. The number of methoxy groups -OCH3 is 1. The number of carbonyl (C=O) groups excluding carboxylic acids is 1. The summed E-state index contributed by atoms with van der Waals surface area (Å²) in [4.78, 5) is 12.3. The molecule has 6 heteroatoms. The third-order valence-electron chi connectivity index (χ3n) is 4.02. The van der Waals surface area contributed by atoms with Crippen LogP contribution in [0.5, 0.6) is 5.75 Å². The fourth-order valence-electron chi connectivity index (χ4n) is 2.52. The highest BCUT2D eigenvalue weighted by Crippen LogP contribution is 2.22. The number of ether oxygens (including phenoxy) is 1. The van der Waals surface area contributed by atoms with Crippen molar-refractivity contribution in [1.82, 2.24) is 10.6 Å². The second kappa shape index (κ2) is 8.72. The summed E-state index contributed by atoms with van der Waals surface area (Å²) in [5.74, 6) is 0.289. The average Bonchev–Trinajstić information content (AvgIpc) is 2.62. The Morgan fingerprint density at radius 1 is 1.16 bits per heavy atom. The molecular weight excluding hydrogens is 343 g/mol. The Bertz CT molecular complexity index is 722. The van der Waals surface area contributed by atoms with E-state index < -0.39 is 5.82 Å². The lowest BCUT2D eigenvalue weighted by molar-refractivity contribution is 0.233. The highest BCUT2D eigenvalue weighted by atomic mass is 35.5. The minimum atomic E-state index is -0.479. The van der Waals surface area contributed by atoms with E-state index in [1.165, 1.54) is 12.1 Å². The maximum absolute atomic E-state index is 13.2. The standard InChI is InChI=1S/C19H22ClFN2O2/c1-4-18(13-5-8-15(25-3)9-6-13)23-19(24)22-12(2)14-7-10-17(21)16(20)11-14/h5-12,18H,4H2,1-3H3,(H2,22,23,24). The molecule has 2 aromatic carbocycles. The maximum Gasteiger partial charge on any atom is 0.315 e. The zero-order valence-corrected chi connectivity index (χ0v) is 15.2. The van der Waals surface area contributed by atoms with E-state index in [4.69, 9.17) is 16.3 Å². The van der Waals surface area contributed by atoms with Crippen molar-refractivity contribution < 1.29 is 13.9 Å². The number of amides is 2. The molecule has 2 N–H and O–H groups in total. The van der Waals surface area contributed by atoms with Gasteiger partial charge >= 0.3 is 6.03 Å². The molecule has 0 saturated carbocycles. The quantitative estimate of drug-likeness (QED) is 0.757. The van der Waals surface area contributed by atoms with Crippen LogP contribution in [0.3, 0.4) is 0 Å². The molecule has 2 unspecified atom stereocenters. The Kier molecular flexibility index (Phi) is 6.65. The first kappa shape index (κ1) is 19.1. The van der Waals surface area contributed by atoms with E-state index in [1.54, 1.807) is 13.2 Å². The van der Waals surface area contributed by atoms with Crippen molar-refractivity contribution in [3.8, 4) is 5.75 Å². The van der Waals surface area contributed by atoms with Crippen LogP contribution in [0.25, 0.3) is 0 Å². The van der Waals surface area contributed by atoms with Gasteiger partial charge in [-0.3, -0.25) is 0 Å². The number of nitrogens with one attached hydrogen (secondary N) is 2. The van der Waals surface area contributed by atoms with Crippen molar-refractivity contribution in [1.29, 1.82) is 0 Å². The van der Waals surface area contributed by atoms with Crippen LogP contribution in [0.2, 0.25) is 5.02 Å². The molecule has 2 amide bonds. The lowest BCUT2D eigenvalue weighted by Crippen LogP contribution is -2.39. The van der Waals surface area contributed by atoms with E-state index in [9.17, 15) is 9.18 Å². The van der Waals surface area contributed by atoms with Gasteiger partial charge in [-0.05, 0) is 48.7 Å². The number of benzene rings is 2. The van der Waals surface area contributed by atoms with Crippen molar-refractivity contribution in [2.75, 3.05) is 7.11 Å². The fraction of sp³-hybridized carbons (Fsp3) is 0.316. The molecule has 0 heterocycles. The molecule has 2 atom stereocenters. The Labute approximate surface area is 152 Å². The molecule has 0 aliphatic rings. The van der Waals surface area contributed by atoms with E-state index in [2.05, 4.69) is 10.6 Å². The second-order valence-electron chi connectivity index (χ2n) is 5.75. The molecule has 0 spiro atoms. The SMILES string of the molecule is CCC(NC(=O)NC(C)c1ccc(F)c(Cl)c1)c1ccc(OC)cc1. The molecule has 134 valence electrons. The van der Waals surface area contributed by atoms with Crippen LogP contribution >= 0.6 is 11.6 Å². The second-order valence-corrected chi connectivity index (χ2v) is 6.15. The summed E-state index contributed by atoms with van der Waals surface area (Å²) in [7, 11) is 1.61. The molecule has 25 heavy (non-hydrogen) atoms. The van der Waals surface area contributed by atoms with Crippen LogP contribution in [-0.4, -0.2) is 13.1 Å². The highest BCUT2D eigenvalue weighted by Gasteiger charge is 2.16. The van der Waals surface area contributed by atoms with Gasteiger partial charge in [0.25, 0.3) is 0 Å². The number of carbonyl (C=O) groups is 1. The number of halogens is 2. The van der Waals surface area contributed by atoms with Gasteiger partial charge in [-0.25, -0.2) is 9.18 Å². The molecule has 0 aliphatic carbocycles. The summed E-state index contributed by atoms with van der Waals surface area (Å²) in [6, 6.07) is 11.3. The smallest absolute Gasteiger partial charge is 0.315 e. The van der Waals surface area contributed by atoms with Gasteiger partial charge in [0.15, 0.2) is 0 Å². The van der Waals surface area contributed by atoms with Gasteiger partial charge in [-0.15, -0.1) is 0 Å². The maximum atomic E-state index is 13.2. The average molecular weight is 365 g/mol. The molecule has 0 aromatic heterocycles. The van der Waals surface area contributed by atoms with Gasteiger partial charge in [0.2, 0.25) is 0 Å². The van der Waals surface area contributed by atoms with Crippen molar-refractivity contribution in [3.63, 3.8) is 0 Å². The fourth-order valence-corrected chi connectivity index (χ4v) is 2.71. The Hall–Kier alpha value is -2.27. The highest BCUT2D eigenvalue weighted by molar-refractivity contribution is 6.30. The van der Waals surface area contributed by atoms with Crippen LogP contribution in [0.15, 0.2) is 42.5 Å². The first-order valence-corrected chi connectivity index (χ1v) is 8.48. The van der Waals surface area contributed by atoms with Crippen LogP contribution in [-0.2, 0) is 0 Å². The first-order chi connectivity index (χ1) is 11.9. The van der Waals surface area contributed by atoms with Gasteiger partial charge in [0.1, 0.15) is 11.6 Å². The third kappa shape index (κ3) is 5.10. The van der Waals surface area contributed by atoms with Crippen molar-refractivity contribution >= 4 is 17.6 Å². The minimum Gasteiger partial charge on any atom is -0.497 e. The van der Waals surface area contributed by atoms with Gasteiger partial charge in [0, 0.05) is 0 Å². The van der Waals surface area contributed by atoms with E-state index in [-0.39, 0.29) is 23.1 Å². The molecular formula is C19H22ClFN2O2. The molecule has 0 fully saturated rings. The summed E-state index contributed by atoms with van der Waals surface area (Å²) >= 11 is 5.79. The van der Waals surface area contributed by atoms with E-state index in [0.717, 1.165) is 23.3 Å². The van der Waals surface area contributed by atoms with Gasteiger partial charge in [-0.2, -0.15) is 0 Å². The number of rotatable bonds is 6. The zero-order chi connectivity index (χ0) is 18.4. The molecule has 2 rings (SSSR count). The molecule has 0 aliphatic heterocycles.